The summed E-state index contributed by atoms with van der Waals surface area (Å²) < 4.78 is 31.4. The Morgan fingerprint density at radius 2 is 2.14 bits per heavy atom. The first kappa shape index (κ1) is 9.64. The maximum atomic E-state index is 10.5. The van der Waals surface area contributed by atoms with Crippen molar-refractivity contribution in [2.45, 2.75) is 11.0 Å². The van der Waals surface area contributed by atoms with Crippen LogP contribution in [0.3, 0.4) is 0 Å². The van der Waals surface area contributed by atoms with Crippen LogP contribution in [0.15, 0.2) is 29.2 Å². The first-order valence-corrected chi connectivity index (χ1v) is 5.27. The average molecular weight is 213 g/mol. The molecule has 2 rings (SSSR count). The molecule has 1 aliphatic rings. The van der Waals surface area contributed by atoms with Crippen LogP contribution in [0.4, 0.5) is 0 Å². The van der Waals surface area contributed by atoms with E-state index in [4.69, 9.17) is 9.47 Å². The summed E-state index contributed by atoms with van der Waals surface area (Å²) in [6.07, 6.45) is 0.211. The Bertz CT molecular complexity index is 331. The smallest absolute Gasteiger partial charge is 0.119 e. The van der Waals surface area contributed by atoms with Gasteiger partial charge in [0.15, 0.2) is 0 Å². The summed E-state index contributed by atoms with van der Waals surface area (Å²) in [5, 5.41) is 0. The molecule has 5 heteroatoms. The monoisotopic (exact) mass is 213 g/mol. The SMILES string of the molecule is O=S([O-])c1ccc(OCC2CO2)cc1. The fourth-order valence-electron chi connectivity index (χ4n) is 1.00. The summed E-state index contributed by atoms with van der Waals surface area (Å²) in [5.41, 5.74) is 0. The number of epoxide rings is 1. The van der Waals surface area contributed by atoms with E-state index >= 15 is 0 Å². The molecule has 0 N–H and O–H groups in total. The first-order valence-electron chi connectivity index (χ1n) is 4.19. The maximum Gasteiger partial charge on any atom is 0.119 e. The van der Waals surface area contributed by atoms with Crippen molar-refractivity contribution in [3.63, 3.8) is 0 Å². The number of hydrogen-bond donors (Lipinski definition) is 0. The largest absolute Gasteiger partial charge is 0.768 e. The summed E-state index contributed by atoms with van der Waals surface area (Å²) in [5.74, 6) is 0.662. The van der Waals surface area contributed by atoms with Crippen molar-refractivity contribution in [2.75, 3.05) is 13.2 Å². The van der Waals surface area contributed by atoms with Gasteiger partial charge in [-0.25, -0.2) is 0 Å². The molecule has 2 atom stereocenters. The van der Waals surface area contributed by atoms with E-state index in [2.05, 4.69) is 0 Å². The van der Waals surface area contributed by atoms with Gasteiger partial charge in [0.1, 0.15) is 18.5 Å². The molecule has 0 saturated carbocycles. The number of ether oxygens (including phenoxy) is 2. The molecule has 1 aromatic carbocycles. The fourth-order valence-corrected chi connectivity index (χ4v) is 1.36. The number of rotatable bonds is 4. The highest BCUT2D eigenvalue weighted by molar-refractivity contribution is 7.79. The summed E-state index contributed by atoms with van der Waals surface area (Å²) in [4.78, 5) is 0.264. The van der Waals surface area contributed by atoms with Crippen molar-refractivity contribution in [1.29, 1.82) is 0 Å². The van der Waals surface area contributed by atoms with Crippen LogP contribution in [0, 0.1) is 0 Å². The summed E-state index contributed by atoms with van der Waals surface area (Å²) >= 11 is -2.17. The Balaban J connectivity index is 1.94. The lowest BCUT2D eigenvalue weighted by Crippen LogP contribution is -2.03. The van der Waals surface area contributed by atoms with Crippen molar-refractivity contribution in [2.24, 2.45) is 0 Å². The summed E-state index contributed by atoms with van der Waals surface area (Å²) in [6, 6.07) is 6.28. The third-order valence-electron chi connectivity index (χ3n) is 1.85. The Morgan fingerprint density at radius 1 is 1.50 bits per heavy atom. The van der Waals surface area contributed by atoms with Crippen LogP contribution in [0.1, 0.15) is 0 Å². The lowest BCUT2D eigenvalue weighted by molar-refractivity contribution is 0.263. The van der Waals surface area contributed by atoms with E-state index in [0.29, 0.717) is 12.4 Å². The molecule has 2 unspecified atom stereocenters. The van der Waals surface area contributed by atoms with Gasteiger partial charge in [-0.1, -0.05) is 0 Å². The minimum Gasteiger partial charge on any atom is -0.768 e. The topological polar surface area (TPSA) is 61.9 Å². The van der Waals surface area contributed by atoms with Crippen LogP contribution >= 0.6 is 0 Å². The molecule has 14 heavy (non-hydrogen) atoms. The molecule has 1 heterocycles. The zero-order chi connectivity index (χ0) is 9.97. The van der Waals surface area contributed by atoms with Gasteiger partial charge in [0.05, 0.1) is 6.61 Å². The van der Waals surface area contributed by atoms with E-state index in [1.165, 1.54) is 12.1 Å². The summed E-state index contributed by atoms with van der Waals surface area (Å²) in [7, 11) is 0. The molecule has 1 saturated heterocycles. The Hall–Kier alpha value is -0.910. The molecular formula is C9H9O4S-. The fraction of sp³-hybridized carbons (Fsp3) is 0.333. The van der Waals surface area contributed by atoms with Gasteiger partial charge in [0, 0.05) is 4.90 Å². The number of benzene rings is 1. The molecule has 0 spiro atoms. The molecule has 76 valence electrons. The zero-order valence-corrected chi connectivity index (χ0v) is 8.16. The molecule has 4 nitrogen and oxygen atoms in total. The first-order chi connectivity index (χ1) is 6.75. The average Bonchev–Trinajstić information content (AvgIpc) is 2.99. The Morgan fingerprint density at radius 3 is 2.64 bits per heavy atom. The molecular weight excluding hydrogens is 204 g/mol. The molecule has 0 amide bonds. The van der Waals surface area contributed by atoms with Gasteiger partial charge in [-0.2, -0.15) is 0 Å². The minimum absolute atomic E-state index is 0.211. The van der Waals surface area contributed by atoms with Crippen LogP contribution in [0.5, 0.6) is 5.75 Å². The quantitative estimate of drug-likeness (QED) is 0.545. The second kappa shape index (κ2) is 4.08. The molecule has 0 bridgehead atoms. The van der Waals surface area contributed by atoms with Crippen LogP contribution in [-0.2, 0) is 15.8 Å². The van der Waals surface area contributed by atoms with E-state index in [0.717, 1.165) is 6.61 Å². The molecule has 1 aliphatic heterocycles. The van der Waals surface area contributed by atoms with Gasteiger partial charge in [-0.05, 0) is 35.3 Å². The third kappa shape index (κ3) is 2.54. The van der Waals surface area contributed by atoms with Gasteiger partial charge >= 0.3 is 0 Å². The van der Waals surface area contributed by atoms with E-state index in [-0.39, 0.29) is 11.0 Å². The highest BCUT2D eigenvalue weighted by Crippen LogP contribution is 2.16. The van der Waals surface area contributed by atoms with E-state index < -0.39 is 11.1 Å². The van der Waals surface area contributed by atoms with E-state index in [1.54, 1.807) is 12.1 Å². The highest BCUT2D eigenvalue weighted by atomic mass is 32.2. The molecule has 1 fully saturated rings. The third-order valence-corrected chi connectivity index (χ3v) is 2.51. The predicted molar refractivity (Wildman–Crippen MR) is 48.9 cm³/mol. The van der Waals surface area contributed by atoms with Crippen LogP contribution in [0.2, 0.25) is 0 Å². The van der Waals surface area contributed by atoms with Crippen molar-refractivity contribution in [3.05, 3.63) is 24.3 Å². The Kier molecular flexibility index (Phi) is 2.81. The standard InChI is InChI=1S/C9H10O4S/c10-14(11)9-3-1-7(2-4-9)12-5-8-6-13-8/h1-4,8H,5-6H2,(H,10,11)/p-1. The van der Waals surface area contributed by atoms with E-state index in [9.17, 15) is 8.76 Å². The lowest BCUT2D eigenvalue weighted by Gasteiger charge is -2.07. The van der Waals surface area contributed by atoms with Crippen molar-refractivity contribution >= 4 is 11.1 Å². The van der Waals surface area contributed by atoms with Gasteiger partial charge in [0.2, 0.25) is 0 Å². The van der Waals surface area contributed by atoms with Gasteiger partial charge in [0.25, 0.3) is 0 Å². The molecule has 0 aromatic heterocycles. The van der Waals surface area contributed by atoms with Gasteiger partial charge in [-0.3, -0.25) is 4.21 Å². The van der Waals surface area contributed by atoms with Crippen molar-refractivity contribution < 1.29 is 18.2 Å². The zero-order valence-electron chi connectivity index (χ0n) is 7.34. The van der Waals surface area contributed by atoms with Crippen molar-refractivity contribution in [3.8, 4) is 5.75 Å². The predicted octanol–water partition coefficient (Wildman–Crippen LogP) is 0.702. The van der Waals surface area contributed by atoms with Crippen LogP contribution in [0.25, 0.3) is 0 Å². The van der Waals surface area contributed by atoms with Crippen LogP contribution in [-0.4, -0.2) is 28.1 Å². The second-order valence-electron chi connectivity index (χ2n) is 2.97. The molecule has 0 aliphatic carbocycles. The maximum absolute atomic E-state index is 10.5. The van der Waals surface area contributed by atoms with Crippen molar-refractivity contribution in [1.82, 2.24) is 0 Å². The van der Waals surface area contributed by atoms with Gasteiger partial charge < -0.3 is 14.0 Å². The lowest BCUT2D eigenvalue weighted by atomic mass is 10.3. The second-order valence-corrected chi connectivity index (χ2v) is 3.91. The molecule has 0 radical (unpaired) electrons. The van der Waals surface area contributed by atoms with Gasteiger partial charge in [-0.15, -0.1) is 0 Å². The normalized spacial score (nSPS) is 21.6. The Labute approximate surface area is 84.1 Å². The highest BCUT2D eigenvalue weighted by Gasteiger charge is 2.22. The number of hydrogen-bond acceptors (Lipinski definition) is 4. The van der Waals surface area contributed by atoms with E-state index in [1.807, 2.05) is 0 Å². The molecule has 1 aromatic rings. The van der Waals surface area contributed by atoms with Crippen LogP contribution < -0.4 is 4.74 Å². The minimum atomic E-state index is -2.17. The summed E-state index contributed by atoms with van der Waals surface area (Å²) in [6.45, 7) is 1.28.